The Morgan fingerprint density at radius 3 is 2.61 bits per heavy atom. The number of fused-ring (bicyclic) bond motifs is 4. The maximum absolute atomic E-state index is 6.64. The van der Waals surface area contributed by atoms with Crippen LogP contribution in [0.15, 0.2) is 90.1 Å². The van der Waals surface area contributed by atoms with Crippen LogP contribution in [-0.4, -0.2) is 21.8 Å². The number of hydrogen-bond donors (Lipinski definition) is 1. The van der Waals surface area contributed by atoms with Gasteiger partial charge in [0.05, 0.1) is 12.2 Å². The molecule has 1 aromatic heterocycles. The molecule has 0 amide bonds. The summed E-state index contributed by atoms with van der Waals surface area (Å²) >= 11 is 1.54. The number of nitrogens with zero attached hydrogens (tertiary/aromatic N) is 3. The molecule has 38 heavy (non-hydrogen) atoms. The molecule has 4 aromatic carbocycles. The second-order valence-corrected chi connectivity index (χ2v) is 10.2. The van der Waals surface area contributed by atoms with E-state index in [1.54, 1.807) is 11.8 Å². The van der Waals surface area contributed by atoms with Crippen LogP contribution in [0.3, 0.4) is 0 Å². The SMILES string of the molecule is CCCOc1ccc2ccccc2c1C1Nc2ccccc2-c2nnc(SCc3ccc(C)cc3)nc2O1. The Morgan fingerprint density at radius 2 is 1.74 bits per heavy atom. The molecule has 0 saturated heterocycles. The third-order valence-corrected chi connectivity index (χ3v) is 7.39. The summed E-state index contributed by atoms with van der Waals surface area (Å²) in [6.45, 7) is 4.81. The highest BCUT2D eigenvalue weighted by Gasteiger charge is 2.29. The smallest absolute Gasteiger partial charge is 0.247 e. The second-order valence-electron chi connectivity index (χ2n) is 9.26. The first-order valence-corrected chi connectivity index (χ1v) is 13.8. The Hall–Kier alpha value is -4.10. The molecule has 6 rings (SSSR count). The van der Waals surface area contributed by atoms with E-state index in [1.807, 2.05) is 42.5 Å². The van der Waals surface area contributed by atoms with E-state index in [0.29, 0.717) is 23.3 Å². The van der Waals surface area contributed by atoms with E-state index in [-0.39, 0.29) is 0 Å². The minimum Gasteiger partial charge on any atom is -0.493 e. The molecule has 7 heteroatoms. The quantitative estimate of drug-likeness (QED) is 0.222. The van der Waals surface area contributed by atoms with E-state index < -0.39 is 6.23 Å². The summed E-state index contributed by atoms with van der Waals surface area (Å²) in [6.07, 6.45) is 0.372. The largest absolute Gasteiger partial charge is 0.493 e. The van der Waals surface area contributed by atoms with Crippen molar-refractivity contribution in [2.75, 3.05) is 11.9 Å². The number of thioether (sulfide) groups is 1. The van der Waals surface area contributed by atoms with Gasteiger partial charge in [-0.25, -0.2) is 0 Å². The summed E-state index contributed by atoms with van der Waals surface area (Å²) in [5.74, 6) is 1.99. The zero-order valence-electron chi connectivity index (χ0n) is 21.3. The Balaban J connectivity index is 1.42. The Labute approximate surface area is 226 Å². The molecule has 0 bridgehead atoms. The van der Waals surface area contributed by atoms with Crippen LogP contribution in [0.2, 0.25) is 0 Å². The molecule has 1 N–H and O–H groups in total. The van der Waals surface area contributed by atoms with Crippen molar-refractivity contribution in [3.63, 3.8) is 0 Å². The number of ether oxygens (including phenoxy) is 2. The summed E-state index contributed by atoms with van der Waals surface area (Å²) in [5.41, 5.74) is 5.80. The van der Waals surface area contributed by atoms with E-state index >= 15 is 0 Å². The highest BCUT2D eigenvalue weighted by Crippen LogP contribution is 2.43. The van der Waals surface area contributed by atoms with E-state index in [0.717, 1.165) is 45.5 Å². The van der Waals surface area contributed by atoms with Gasteiger partial charge in [0.2, 0.25) is 17.3 Å². The molecule has 0 fully saturated rings. The van der Waals surface area contributed by atoms with Crippen molar-refractivity contribution >= 4 is 28.2 Å². The fourth-order valence-corrected chi connectivity index (χ4v) is 5.29. The molecule has 1 unspecified atom stereocenters. The van der Waals surface area contributed by atoms with Gasteiger partial charge in [-0.2, -0.15) is 4.98 Å². The van der Waals surface area contributed by atoms with Crippen molar-refractivity contribution in [1.29, 1.82) is 0 Å². The Kier molecular flexibility index (Phi) is 6.84. The van der Waals surface area contributed by atoms with Crippen molar-refractivity contribution in [2.45, 2.75) is 37.4 Å². The molecular weight excluding hydrogens is 492 g/mol. The van der Waals surface area contributed by atoms with Crippen LogP contribution < -0.4 is 14.8 Å². The van der Waals surface area contributed by atoms with Gasteiger partial charge >= 0.3 is 0 Å². The molecule has 2 heterocycles. The van der Waals surface area contributed by atoms with Crippen LogP contribution in [-0.2, 0) is 5.75 Å². The topological polar surface area (TPSA) is 69.2 Å². The number of rotatable bonds is 7. The van der Waals surface area contributed by atoms with Crippen LogP contribution in [0.4, 0.5) is 5.69 Å². The highest BCUT2D eigenvalue weighted by atomic mass is 32.2. The number of benzene rings is 4. The van der Waals surface area contributed by atoms with Crippen molar-refractivity contribution in [1.82, 2.24) is 15.2 Å². The van der Waals surface area contributed by atoms with E-state index in [1.165, 1.54) is 11.1 Å². The summed E-state index contributed by atoms with van der Waals surface area (Å²) in [7, 11) is 0. The number of hydrogen-bond acceptors (Lipinski definition) is 7. The molecule has 1 atom stereocenters. The molecule has 1 aliphatic rings. The first-order chi connectivity index (χ1) is 18.7. The van der Waals surface area contributed by atoms with E-state index in [2.05, 4.69) is 71.8 Å². The van der Waals surface area contributed by atoms with Crippen molar-refractivity contribution in [3.8, 4) is 22.9 Å². The van der Waals surface area contributed by atoms with Gasteiger partial charge in [-0.1, -0.05) is 97.0 Å². The normalized spacial score (nSPS) is 14.1. The maximum Gasteiger partial charge on any atom is 0.247 e. The number of anilines is 1. The molecule has 0 radical (unpaired) electrons. The number of aryl methyl sites for hydroxylation is 1. The predicted molar refractivity (Wildman–Crippen MR) is 153 cm³/mol. The summed E-state index contributed by atoms with van der Waals surface area (Å²) in [5, 5.41) is 15.4. The van der Waals surface area contributed by atoms with Gasteiger partial charge in [-0.15, -0.1) is 10.2 Å². The standard InChI is InChI=1S/C31H28N4O2S/c1-3-18-36-26-17-16-22-8-4-5-9-23(22)27(26)29-32-25-11-7-6-10-24(25)28-30(37-29)33-31(35-34-28)38-19-21-14-12-20(2)13-15-21/h4-17,29,32H,3,18-19H2,1-2H3. The molecule has 0 saturated carbocycles. The molecule has 5 aromatic rings. The minimum absolute atomic E-state index is 0.447. The van der Waals surface area contributed by atoms with Crippen LogP contribution in [0.1, 0.15) is 36.3 Å². The van der Waals surface area contributed by atoms with E-state index in [9.17, 15) is 0 Å². The minimum atomic E-state index is -0.540. The average molecular weight is 521 g/mol. The van der Waals surface area contributed by atoms with Gasteiger partial charge in [-0.05, 0) is 41.8 Å². The van der Waals surface area contributed by atoms with Gasteiger partial charge in [-0.3, -0.25) is 0 Å². The number of nitrogens with one attached hydrogen (secondary N) is 1. The fourth-order valence-electron chi connectivity index (χ4n) is 4.56. The summed E-state index contributed by atoms with van der Waals surface area (Å²) in [6, 6.07) is 28.9. The van der Waals surface area contributed by atoms with Gasteiger partial charge in [0, 0.05) is 17.0 Å². The monoisotopic (exact) mass is 520 g/mol. The lowest BCUT2D eigenvalue weighted by molar-refractivity contribution is 0.217. The van der Waals surface area contributed by atoms with Crippen LogP contribution in [0.5, 0.6) is 11.6 Å². The van der Waals surface area contributed by atoms with Gasteiger partial charge < -0.3 is 14.8 Å². The van der Waals surface area contributed by atoms with Crippen molar-refractivity contribution in [2.24, 2.45) is 0 Å². The summed E-state index contributed by atoms with van der Waals surface area (Å²) in [4.78, 5) is 4.84. The molecule has 1 aliphatic heterocycles. The predicted octanol–water partition coefficient (Wildman–Crippen LogP) is 7.58. The van der Waals surface area contributed by atoms with Crippen molar-refractivity contribution < 1.29 is 9.47 Å². The highest BCUT2D eigenvalue weighted by molar-refractivity contribution is 7.98. The van der Waals surface area contributed by atoms with Crippen LogP contribution in [0, 0.1) is 6.92 Å². The second kappa shape index (κ2) is 10.7. The number of para-hydroxylation sites is 1. The zero-order valence-corrected chi connectivity index (χ0v) is 22.2. The average Bonchev–Trinajstić information content (AvgIpc) is 3.11. The fraction of sp³-hybridized carbons (Fsp3) is 0.194. The Morgan fingerprint density at radius 1 is 0.921 bits per heavy atom. The maximum atomic E-state index is 6.64. The van der Waals surface area contributed by atoms with Gasteiger partial charge in [0.25, 0.3) is 0 Å². The van der Waals surface area contributed by atoms with Crippen LogP contribution in [0.25, 0.3) is 22.0 Å². The molecule has 6 nitrogen and oxygen atoms in total. The van der Waals surface area contributed by atoms with E-state index in [4.69, 9.17) is 14.5 Å². The van der Waals surface area contributed by atoms with Crippen molar-refractivity contribution in [3.05, 3.63) is 102 Å². The molecular formula is C31H28N4O2S. The molecule has 0 spiro atoms. The summed E-state index contributed by atoms with van der Waals surface area (Å²) < 4.78 is 12.9. The molecule has 0 aliphatic carbocycles. The zero-order chi connectivity index (χ0) is 25.9. The Bertz CT molecular complexity index is 1590. The lowest BCUT2D eigenvalue weighted by Crippen LogP contribution is -2.19. The first-order valence-electron chi connectivity index (χ1n) is 12.8. The molecule has 190 valence electrons. The number of aromatic nitrogens is 3. The third kappa shape index (κ3) is 4.89. The third-order valence-electron chi connectivity index (χ3n) is 6.48. The van der Waals surface area contributed by atoms with Gasteiger partial charge in [0.1, 0.15) is 5.75 Å². The lowest BCUT2D eigenvalue weighted by Gasteiger charge is -2.23. The van der Waals surface area contributed by atoms with Crippen LogP contribution >= 0.6 is 11.8 Å². The lowest BCUT2D eigenvalue weighted by atomic mass is 10.0. The van der Waals surface area contributed by atoms with Gasteiger partial charge in [0.15, 0.2) is 5.69 Å². The first kappa shape index (κ1) is 24.2.